The number of nitrogens with zero attached hydrogens (tertiary/aromatic N) is 3. The van der Waals surface area contributed by atoms with E-state index in [4.69, 9.17) is 11.6 Å². The van der Waals surface area contributed by atoms with Gasteiger partial charge in [-0.25, -0.2) is 4.98 Å². The van der Waals surface area contributed by atoms with Crippen molar-refractivity contribution >= 4 is 17.5 Å². The lowest BCUT2D eigenvalue weighted by Crippen LogP contribution is -2.34. The van der Waals surface area contributed by atoms with Crippen LogP contribution in [0.2, 0.25) is 5.15 Å². The molecule has 0 radical (unpaired) electrons. The highest BCUT2D eigenvalue weighted by Gasteiger charge is 2.18. The van der Waals surface area contributed by atoms with Crippen LogP contribution in [-0.4, -0.2) is 53.9 Å². The van der Waals surface area contributed by atoms with Gasteiger partial charge in [0.1, 0.15) is 5.15 Å². The van der Waals surface area contributed by atoms with Gasteiger partial charge in [0.2, 0.25) is 0 Å². The van der Waals surface area contributed by atoms with E-state index in [1.54, 1.807) is 18.3 Å². The first-order valence-electron chi connectivity index (χ1n) is 5.76. The van der Waals surface area contributed by atoms with Crippen molar-refractivity contribution in [1.82, 2.24) is 14.8 Å². The van der Waals surface area contributed by atoms with Crippen LogP contribution in [0.15, 0.2) is 18.3 Å². The predicted molar refractivity (Wildman–Crippen MR) is 67.3 cm³/mol. The minimum Gasteiger partial charge on any atom is -0.337 e. The first kappa shape index (κ1) is 12.3. The summed E-state index contributed by atoms with van der Waals surface area (Å²) in [6, 6.07) is 3.38. The van der Waals surface area contributed by atoms with Gasteiger partial charge in [-0.3, -0.25) is 4.79 Å². The van der Waals surface area contributed by atoms with E-state index in [1.807, 2.05) is 4.90 Å². The highest BCUT2D eigenvalue weighted by molar-refractivity contribution is 6.29. The summed E-state index contributed by atoms with van der Waals surface area (Å²) in [5.41, 5.74) is 0.610. The van der Waals surface area contributed by atoms with Crippen LogP contribution in [-0.2, 0) is 0 Å². The third kappa shape index (κ3) is 3.17. The molecule has 2 rings (SSSR count). The van der Waals surface area contributed by atoms with E-state index in [2.05, 4.69) is 16.9 Å². The Balaban J connectivity index is 2.06. The lowest BCUT2D eigenvalue weighted by molar-refractivity contribution is 0.0762. The molecule has 1 fully saturated rings. The zero-order valence-corrected chi connectivity index (χ0v) is 10.7. The molecule has 0 N–H and O–H groups in total. The monoisotopic (exact) mass is 253 g/mol. The Labute approximate surface area is 106 Å². The maximum Gasteiger partial charge on any atom is 0.255 e. The van der Waals surface area contributed by atoms with E-state index >= 15 is 0 Å². The molecule has 0 aromatic carbocycles. The summed E-state index contributed by atoms with van der Waals surface area (Å²) in [4.78, 5) is 20.3. The summed E-state index contributed by atoms with van der Waals surface area (Å²) in [5.74, 6) is 0.0458. The fraction of sp³-hybridized carbons (Fsp3) is 0.500. The summed E-state index contributed by atoms with van der Waals surface area (Å²) < 4.78 is 0. The smallest absolute Gasteiger partial charge is 0.255 e. The molecule has 0 atom stereocenters. The summed E-state index contributed by atoms with van der Waals surface area (Å²) >= 11 is 5.70. The van der Waals surface area contributed by atoms with Crippen LogP contribution in [0.3, 0.4) is 0 Å². The van der Waals surface area contributed by atoms with Crippen molar-refractivity contribution in [1.29, 1.82) is 0 Å². The molecular formula is C12H16ClN3O. The second kappa shape index (κ2) is 5.47. The van der Waals surface area contributed by atoms with Crippen LogP contribution in [0.25, 0.3) is 0 Å². The summed E-state index contributed by atoms with van der Waals surface area (Å²) in [5, 5.41) is 0.414. The summed E-state index contributed by atoms with van der Waals surface area (Å²) in [6.45, 7) is 3.55. The van der Waals surface area contributed by atoms with Gasteiger partial charge in [0.05, 0.1) is 5.56 Å². The van der Waals surface area contributed by atoms with Crippen molar-refractivity contribution in [2.75, 3.05) is 33.2 Å². The largest absolute Gasteiger partial charge is 0.337 e. The van der Waals surface area contributed by atoms with Crippen molar-refractivity contribution in [3.05, 3.63) is 29.0 Å². The summed E-state index contributed by atoms with van der Waals surface area (Å²) in [6.07, 6.45) is 2.56. The van der Waals surface area contributed by atoms with Crippen molar-refractivity contribution in [3.8, 4) is 0 Å². The van der Waals surface area contributed by atoms with Crippen molar-refractivity contribution in [2.45, 2.75) is 6.42 Å². The van der Waals surface area contributed by atoms with Gasteiger partial charge < -0.3 is 9.80 Å². The van der Waals surface area contributed by atoms with Crippen LogP contribution in [0, 0.1) is 0 Å². The van der Waals surface area contributed by atoms with Gasteiger partial charge in [-0.05, 0) is 32.1 Å². The van der Waals surface area contributed by atoms with Crippen LogP contribution in [0.1, 0.15) is 16.8 Å². The number of aromatic nitrogens is 1. The van der Waals surface area contributed by atoms with E-state index in [9.17, 15) is 4.79 Å². The molecular weight excluding hydrogens is 238 g/mol. The fourth-order valence-corrected chi connectivity index (χ4v) is 2.05. The number of carbonyl (C=O) groups excluding carboxylic acids is 1. The fourth-order valence-electron chi connectivity index (χ4n) is 1.93. The number of hydrogen-bond acceptors (Lipinski definition) is 3. The van der Waals surface area contributed by atoms with E-state index in [1.165, 1.54) is 0 Å². The van der Waals surface area contributed by atoms with Crippen LogP contribution in [0.5, 0.6) is 0 Å². The molecule has 0 aliphatic carbocycles. The molecule has 1 aromatic rings. The lowest BCUT2D eigenvalue weighted by atomic mass is 10.2. The molecule has 1 amide bonds. The maximum absolute atomic E-state index is 12.2. The van der Waals surface area contributed by atoms with E-state index in [0.29, 0.717) is 10.7 Å². The standard InChI is InChI=1S/C12H16ClN3O/c1-15-5-2-6-16(8-7-15)12(17)10-3-4-11(13)14-9-10/h3-4,9H,2,5-8H2,1H3. The first-order valence-corrected chi connectivity index (χ1v) is 6.14. The van der Waals surface area contributed by atoms with Gasteiger partial charge in [-0.1, -0.05) is 11.6 Å². The van der Waals surface area contributed by atoms with Gasteiger partial charge in [0.15, 0.2) is 0 Å². The Hall–Kier alpha value is -1.13. The van der Waals surface area contributed by atoms with Gasteiger partial charge in [-0.2, -0.15) is 0 Å². The zero-order chi connectivity index (χ0) is 12.3. The number of pyridine rings is 1. The Morgan fingerprint density at radius 3 is 2.82 bits per heavy atom. The molecule has 0 saturated carbocycles. The molecule has 0 unspecified atom stereocenters. The zero-order valence-electron chi connectivity index (χ0n) is 9.90. The van der Waals surface area contributed by atoms with Gasteiger partial charge >= 0.3 is 0 Å². The Morgan fingerprint density at radius 1 is 1.29 bits per heavy atom. The van der Waals surface area contributed by atoms with E-state index in [-0.39, 0.29) is 5.91 Å². The molecule has 0 bridgehead atoms. The maximum atomic E-state index is 12.2. The second-order valence-electron chi connectivity index (χ2n) is 4.32. The molecule has 5 heteroatoms. The molecule has 1 aliphatic heterocycles. The van der Waals surface area contributed by atoms with Crippen molar-refractivity contribution in [3.63, 3.8) is 0 Å². The van der Waals surface area contributed by atoms with Gasteiger partial charge in [0.25, 0.3) is 5.91 Å². The normalized spacial score (nSPS) is 17.9. The van der Waals surface area contributed by atoms with Crippen LogP contribution >= 0.6 is 11.6 Å². The van der Waals surface area contributed by atoms with Crippen LogP contribution in [0.4, 0.5) is 0 Å². The number of likely N-dealkylation sites (N-methyl/N-ethyl adjacent to an activating group) is 1. The number of rotatable bonds is 1. The number of halogens is 1. The lowest BCUT2D eigenvalue weighted by Gasteiger charge is -2.20. The van der Waals surface area contributed by atoms with E-state index < -0.39 is 0 Å². The topological polar surface area (TPSA) is 36.4 Å². The third-order valence-corrected chi connectivity index (χ3v) is 3.20. The van der Waals surface area contributed by atoms with E-state index in [0.717, 1.165) is 32.6 Å². The second-order valence-corrected chi connectivity index (χ2v) is 4.71. The molecule has 1 aliphatic rings. The minimum atomic E-state index is 0.0458. The van der Waals surface area contributed by atoms with Gasteiger partial charge in [-0.15, -0.1) is 0 Å². The molecule has 2 heterocycles. The predicted octanol–water partition coefficient (Wildman–Crippen LogP) is 1.51. The number of amides is 1. The minimum absolute atomic E-state index is 0.0458. The molecule has 1 saturated heterocycles. The summed E-state index contributed by atoms with van der Waals surface area (Å²) in [7, 11) is 2.08. The average molecular weight is 254 g/mol. The molecule has 0 spiro atoms. The molecule has 92 valence electrons. The Morgan fingerprint density at radius 2 is 2.12 bits per heavy atom. The third-order valence-electron chi connectivity index (χ3n) is 2.98. The SMILES string of the molecule is CN1CCCN(C(=O)c2ccc(Cl)nc2)CC1. The molecule has 1 aromatic heterocycles. The van der Waals surface area contributed by atoms with Crippen molar-refractivity contribution in [2.24, 2.45) is 0 Å². The highest BCUT2D eigenvalue weighted by atomic mass is 35.5. The average Bonchev–Trinajstić information content (AvgIpc) is 2.54. The van der Waals surface area contributed by atoms with Gasteiger partial charge in [0, 0.05) is 25.8 Å². The first-order chi connectivity index (χ1) is 8.16. The molecule has 4 nitrogen and oxygen atoms in total. The number of hydrogen-bond donors (Lipinski definition) is 0. The number of carbonyl (C=O) groups is 1. The Bertz CT molecular complexity index is 393. The quantitative estimate of drug-likeness (QED) is 0.712. The Kier molecular flexibility index (Phi) is 3.97. The van der Waals surface area contributed by atoms with Crippen molar-refractivity contribution < 1.29 is 4.79 Å². The molecule has 17 heavy (non-hydrogen) atoms. The van der Waals surface area contributed by atoms with Crippen LogP contribution < -0.4 is 0 Å². The highest BCUT2D eigenvalue weighted by Crippen LogP contribution is 2.10.